The number of amides is 2. The number of carbonyl (C=O) groups is 2. The molecule has 2 aliphatic rings. The van der Waals surface area contributed by atoms with Gasteiger partial charge >= 0.3 is 0 Å². The molecular weight excluding hydrogens is 288 g/mol. The Labute approximate surface area is 138 Å². The molecule has 0 aromatic heterocycles. The third-order valence-corrected chi connectivity index (χ3v) is 5.20. The maximum atomic E-state index is 13.0. The zero-order chi connectivity index (χ0) is 16.6. The normalized spacial score (nSPS) is 24.1. The van der Waals surface area contributed by atoms with Crippen LogP contribution in [-0.2, 0) is 22.4 Å². The van der Waals surface area contributed by atoms with Crippen molar-refractivity contribution in [3.05, 3.63) is 29.3 Å². The van der Waals surface area contributed by atoms with Crippen LogP contribution in [0.5, 0.6) is 0 Å². The van der Waals surface area contributed by atoms with Crippen LogP contribution in [0.3, 0.4) is 0 Å². The maximum Gasteiger partial charge on any atom is 0.249 e. The Morgan fingerprint density at radius 2 is 2.13 bits per heavy atom. The minimum absolute atomic E-state index is 0.00395. The van der Waals surface area contributed by atoms with Crippen molar-refractivity contribution in [2.24, 2.45) is 5.92 Å². The largest absolute Gasteiger partial charge is 0.344 e. The summed E-state index contributed by atoms with van der Waals surface area (Å²) in [6.07, 6.45) is 3.90. The van der Waals surface area contributed by atoms with Gasteiger partial charge in [0, 0.05) is 12.5 Å². The lowest BCUT2D eigenvalue weighted by Gasteiger charge is -2.26. The fourth-order valence-electron chi connectivity index (χ4n) is 3.72. The van der Waals surface area contributed by atoms with Crippen molar-refractivity contribution in [3.63, 3.8) is 0 Å². The highest BCUT2D eigenvalue weighted by atomic mass is 16.2. The molecule has 4 nitrogen and oxygen atoms in total. The predicted octanol–water partition coefficient (Wildman–Crippen LogP) is 2.83. The number of benzene rings is 1. The summed E-state index contributed by atoms with van der Waals surface area (Å²) in [7, 11) is 0. The molecule has 0 aliphatic carbocycles. The summed E-state index contributed by atoms with van der Waals surface area (Å²) >= 11 is 0. The van der Waals surface area contributed by atoms with Gasteiger partial charge in [0.15, 0.2) is 0 Å². The second kappa shape index (κ2) is 6.34. The molecule has 3 atom stereocenters. The summed E-state index contributed by atoms with van der Waals surface area (Å²) in [6, 6.07) is 6.08. The van der Waals surface area contributed by atoms with E-state index in [-0.39, 0.29) is 17.9 Å². The minimum Gasteiger partial charge on any atom is -0.344 e. The highest BCUT2D eigenvalue weighted by Crippen LogP contribution is 2.38. The summed E-state index contributed by atoms with van der Waals surface area (Å²) in [5, 5.41) is 2.99. The molecule has 0 saturated carbocycles. The molecule has 2 heterocycles. The summed E-state index contributed by atoms with van der Waals surface area (Å²) in [5.41, 5.74) is 3.59. The first-order valence-electron chi connectivity index (χ1n) is 8.74. The Morgan fingerprint density at radius 1 is 1.39 bits per heavy atom. The number of rotatable bonds is 4. The fraction of sp³-hybridized carbons (Fsp3) is 0.579. The third kappa shape index (κ3) is 2.99. The Kier molecular flexibility index (Phi) is 4.42. The first-order chi connectivity index (χ1) is 11.0. The topological polar surface area (TPSA) is 49.4 Å². The van der Waals surface area contributed by atoms with E-state index < -0.39 is 6.04 Å². The van der Waals surface area contributed by atoms with Crippen LogP contribution in [-0.4, -0.2) is 23.9 Å². The smallest absolute Gasteiger partial charge is 0.249 e. The van der Waals surface area contributed by atoms with Gasteiger partial charge in [-0.2, -0.15) is 0 Å². The monoisotopic (exact) mass is 314 g/mol. The highest BCUT2D eigenvalue weighted by molar-refractivity contribution is 6.02. The second-order valence-corrected chi connectivity index (χ2v) is 7.06. The molecule has 3 rings (SSSR count). The predicted molar refractivity (Wildman–Crippen MR) is 91.4 cm³/mol. The van der Waals surface area contributed by atoms with Crippen molar-refractivity contribution in [1.82, 2.24) is 5.32 Å². The van der Waals surface area contributed by atoms with Gasteiger partial charge in [-0.25, -0.2) is 0 Å². The van der Waals surface area contributed by atoms with Gasteiger partial charge in [0.2, 0.25) is 11.8 Å². The number of anilines is 1. The van der Waals surface area contributed by atoms with Crippen molar-refractivity contribution in [3.8, 4) is 0 Å². The average Bonchev–Trinajstić information content (AvgIpc) is 2.79. The van der Waals surface area contributed by atoms with Gasteiger partial charge in [-0.05, 0) is 43.2 Å². The number of hydrogen-bond donors (Lipinski definition) is 1. The molecule has 4 heteroatoms. The molecule has 1 aromatic rings. The molecule has 2 aliphatic heterocycles. The van der Waals surface area contributed by atoms with Crippen LogP contribution < -0.4 is 10.2 Å². The van der Waals surface area contributed by atoms with Gasteiger partial charge < -0.3 is 10.2 Å². The Hall–Kier alpha value is -1.84. The molecule has 1 aromatic carbocycles. The van der Waals surface area contributed by atoms with Gasteiger partial charge in [0.25, 0.3) is 0 Å². The van der Waals surface area contributed by atoms with E-state index in [9.17, 15) is 9.59 Å². The number of nitrogens with zero attached hydrogens (tertiary/aromatic N) is 1. The fourth-order valence-corrected chi connectivity index (χ4v) is 3.72. The Balaban J connectivity index is 1.80. The van der Waals surface area contributed by atoms with Gasteiger partial charge in [0.05, 0.1) is 5.69 Å². The highest BCUT2D eigenvalue weighted by Gasteiger charge is 2.39. The van der Waals surface area contributed by atoms with E-state index >= 15 is 0 Å². The van der Waals surface area contributed by atoms with Crippen molar-refractivity contribution in [1.29, 1.82) is 0 Å². The van der Waals surface area contributed by atoms with E-state index in [0.717, 1.165) is 24.9 Å². The van der Waals surface area contributed by atoms with E-state index in [1.807, 2.05) is 4.90 Å². The summed E-state index contributed by atoms with van der Waals surface area (Å²) in [6.45, 7) is 6.24. The summed E-state index contributed by atoms with van der Waals surface area (Å²) in [4.78, 5) is 27.1. The number of carbonyl (C=O) groups excluding carboxylic acids is 2. The van der Waals surface area contributed by atoms with E-state index in [1.165, 1.54) is 11.1 Å². The average molecular weight is 314 g/mol. The lowest BCUT2D eigenvalue weighted by molar-refractivity contribution is -0.128. The van der Waals surface area contributed by atoms with Gasteiger partial charge in [0.1, 0.15) is 6.04 Å². The number of nitrogens with one attached hydrogen (secondary N) is 1. The molecule has 0 saturated heterocycles. The van der Waals surface area contributed by atoms with Gasteiger partial charge in [-0.1, -0.05) is 38.5 Å². The summed E-state index contributed by atoms with van der Waals surface area (Å²) < 4.78 is 0. The van der Waals surface area contributed by atoms with E-state index in [0.29, 0.717) is 18.8 Å². The molecule has 3 unspecified atom stereocenters. The van der Waals surface area contributed by atoms with Crippen LogP contribution in [0.4, 0.5) is 5.69 Å². The van der Waals surface area contributed by atoms with E-state index in [2.05, 4.69) is 44.3 Å². The molecule has 124 valence electrons. The zero-order valence-electron chi connectivity index (χ0n) is 14.3. The van der Waals surface area contributed by atoms with Gasteiger partial charge in [-0.3, -0.25) is 9.59 Å². The minimum atomic E-state index is -0.396. The first kappa shape index (κ1) is 16.0. The lowest BCUT2D eigenvalue weighted by Crippen LogP contribution is -2.50. The van der Waals surface area contributed by atoms with Crippen LogP contribution >= 0.6 is 0 Å². The molecule has 23 heavy (non-hydrogen) atoms. The van der Waals surface area contributed by atoms with Crippen LogP contribution in [0.2, 0.25) is 0 Å². The molecule has 0 bridgehead atoms. The van der Waals surface area contributed by atoms with Crippen LogP contribution in [0.15, 0.2) is 18.2 Å². The standard InChI is InChI=1S/C19H26N2O2/c1-4-12(2)10-17(22)20-16-9-8-14-6-5-7-15-11-13(3)21(18(14)15)19(16)23/h5-7,12-13,16H,4,8-11H2,1-3H3,(H,20,22). The summed E-state index contributed by atoms with van der Waals surface area (Å²) in [5.74, 6) is 0.403. The quantitative estimate of drug-likeness (QED) is 0.929. The van der Waals surface area contributed by atoms with Gasteiger partial charge in [-0.15, -0.1) is 0 Å². The third-order valence-electron chi connectivity index (χ3n) is 5.20. The second-order valence-electron chi connectivity index (χ2n) is 7.06. The zero-order valence-corrected chi connectivity index (χ0v) is 14.3. The number of aryl methyl sites for hydroxylation is 1. The number of hydrogen-bond acceptors (Lipinski definition) is 2. The van der Waals surface area contributed by atoms with Crippen LogP contribution in [0.1, 0.15) is 51.2 Å². The molecule has 0 spiro atoms. The van der Waals surface area contributed by atoms with Crippen molar-refractivity contribution in [2.45, 2.75) is 65.0 Å². The maximum absolute atomic E-state index is 13.0. The van der Waals surface area contributed by atoms with E-state index in [4.69, 9.17) is 0 Å². The van der Waals surface area contributed by atoms with E-state index in [1.54, 1.807) is 0 Å². The van der Waals surface area contributed by atoms with Crippen LogP contribution in [0, 0.1) is 5.92 Å². The van der Waals surface area contributed by atoms with Crippen molar-refractivity contribution < 1.29 is 9.59 Å². The molecule has 0 radical (unpaired) electrons. The SMILES string of the molecule is CCC(C)CC(=O)NC1CCc2cccc3c2N(C1=O)C(C)C3. The van der Waals surface area contributed by atoms with Crippen molar-refractivity contribution >= 4 is 17.5 Å². The molecule has 2 amide bonds. The van der Waals surface area contributed by atoms with Crippen molar-refractivity contribution in [2.75, 3.05) is 4.90 Å². The van der Waals surface area contributed by atoms with Crippen LogP contribution in [0.25, 0.3) is 0 Å². The first-order valence-corrected chi connectivity index (χ1v) is 8.74. The Bertz CT molecular complexity index is 626. The lowest BCUT2D eigenvalue weighted by atomic mass is 10.0. The Morgan fingerprint density at radius 3 is 2.87 bits per heavy atom. The molecular formula is C19H26N2O2. The molecule has 0 fully saturated rings. The molecule has 1 N–H and O–H groups in total. The number of para-hydroxylation sites is 1.